The number of nitrogens with zero attached hydrogens (tertiary/aromatic N) is 4. The third-order valence-corrected chi connectivity index (χ3v) is 5.62. The van der Waals surface area contributed by atoms with Crippen molar-refractivity contribution in [1.82, 2.24) is 15.2 Å². The summed E-state index contributed by atoms with van der Waals surface area (Å²) in [5, 5.41) is 9.11. The van der Waals surface area contributed by atoms with E-state index in [1.54, 1.807) is 16.8 Å². The Kier molecular flexibility index (Phi) is 3.99. The third kappa shape index (κ3) is 2.81. The molecule has 6 heteroatoms. The van der Waals surface area contributed by atoms with E-state index in [1.807, 2.05) is 0 Å². The summed E-state index contributed by atoms with van der Waals surface area (Å²) in [5.74, 6) is 1.03. The standard InChI is InChI=1S/C20H18N4OS/c1-2-18(22-19(3-1)24-8-10-25-11-9-24)16-7-6-14-4-5-15(12-17(14)16)20-23-21-13-26-20/h1-5,7,12-13H,6,8-11H2. The number of hydrogen-bond acceptors (Lipinski definition) is 6. The normalized spacial score (nSPS) is 16.5. The van der Waals surface area contributed by atoms with Gasteiger partial charge in [-0.1, -0.05) is 35.6 Å². The molecule has 0 unspecified atom stereocenters. The van der Waals surface area contributed by atoms with Gasteiger partial charge in [0.1, 0.15) is 16.3 Å². The molecule has 1 saturated heterocycles. The van der Waals surface area contributed by atoms with Crippen LogP contribution >= 0.6 is 11.3 Å². The number of morpholine rings is 1. The summed E-state index contributed by atoms with van der Waals surface area (Å²) in [5.41, 5.74) is 7.72. The molecule has 26 heavy (non-hydrogen) atoms. The average Bonchev–Trinajstić information content (AvgIpc) is 3.38. The Hall–Kier alpha value is -2.57. The van der Waals surface area contributed by atoms with E-state index in [1.165, 1.54) is 16.7 Å². The van der Waals surface area contributed by atoms with Crippen LogP contribution in [-0.2, 0) is 11.2 Å². The van der Waals surface area contributed by atoms with Crippen molar-refractivity contribution in [2.24, 2.45) is 0 Å². The molecule has 0 atom stereocenters. The van der Waals surface area contributed by atoms with E-state index in [4.69, 9.17) is 9.72 Å². The first-order valence-electron chi connectivity index (χ1n) is 8.78. The fraction of sp³-hybridized carbons (Fsp3) is 0.250. The number of hydrogen-bond donors (Lipinski definition) is 0. The van der Waals surface area contributed by atoms with Gasteiger partial charge in [-0.05, 0) is 35.7 Å². The molecule has 0 amide bonds. The molecule has 2 aliphatic rings. The molecule has 0 spiro atoms. The molecule has 0 bridgehead atoms. The maximum atomic E-state index is 5.46. The molecule has 0 radical (unpaired) electrons. The second-order valence-corrected chi connectivity index (χ2v) is 7.25. The van der Waals surface area contributed by atoms with Crippen molar-refractivity contribution in [3.63, 3.8) is 0 Å². The van der Waals surface area contributed by atoms with Crippen molar-refractivity contribution < 1.29 is 4.74 Å². The predicted octanol–water partition coefficient (Wildman–Crippen LogP) is 3.42. The Labute approximate surface area is 156 Å². The summed E-state index contributed by atoms with van der Waals surface area (Å²) in [7, 11) is 0. The topological polar surface area (TPSA) is 51.1 Å². The van der Waals surface area contributed by atoms with Gasteiger partial charge < -0.3 is 9.64 Å². The molecule has 1 aliphatic carbocycles. The number of allylic oxidation sites excluding steroid dienone is 1. The third-order valence-electron chi connectivity index (χ3n) is 4.88. The van der Waals surface area contributed by atoms with Crippen LogP contribution in [0.25, 0.3) is 16.1 Å². The van der Waals surface area contributed by atoms with Crippen LogP contribution in [0, 0.1) is 0 Å². The van der Waals surface area contributed by atoms with E-state index in [0.29, 0.717) is 0 Å². The molecule has 1 fully saturated rings. The number of anilines is 1. The lowest BCUT2D eigenvalue weighted by Gasteiger charge is -2.28. The highest BCUT2D eigenvalue weighted by molar-refractivity contribution is 7.12. The Morgan fingerprint density at radius 1 is 1.08 bits per heavy atom. The van der Waals surface area contributed by atoms with E-state index in [0.717, 1.165) is 54.8 Å². The quantitative estimate of drug-likeness (QED) is 0.714. The Morgan fingerprint density at radius 3 is 2.85 bits per heavy atom. The lowest BCUT2D eigenvalue weighted by molar-refractivity contribution is 0.122. The largest absolute Gasteiger partial charge is 0.378 e. The Bertz CT molecular complexity index is 962. The van der Waals surface area contributed by atoms with E-state index >= 15 is 0 Å². The summed E-state index contributed by atoms with van der Waals surface area (Å²) >= 11 is 1.56. The lowest BCUT2D eigenvalue weighted by Crippen LogP contribution is -2.36. The van der Waals surface area contributed by atoms with Crippen LogP contribution in [0.5, 0.6) is 0 Å². The second-order valence-electron chi connectivity index (χ2n) is 6.42. The fourth-order valence-corrected chi connectivity index (χ4v) is 4.09. The Balaban J connectivity index is 1.50. The van der Waals surface area contributed by atoms with Gasteiger partial charge in [0.25, 0.3) is 0 Å². The molecule has 2 aromatic heterocycles. The molecule has 5 rings (SSSR count). The first-order valence-corrected chi connectivity index (χ1v) is 9.66. The van der Waals surface area contributed by atoms with Crippen LogP contribution in [0.1, 0.15) is 16.8 Å². The summed E-state index contributed by atoms with van der Waals surface area (Å²) in [4.78, 5) is 7.24. The average molecular weight is 362 g/mol. The van der Waals surface area contributed by atoms with Crippen LogP contribution in [0.4, 0.5) is 5.82 Å². The number of pyridine rings is 1. The van der Waals surface area contributed by atoms with Gasteiger partial charge >= 0.3 is 0 Å². The summed E-state index contributed by atoms with van der Waals surface area (Å²) in [6.07, 6.45) is 3.23. The van der Waals surface area contributed by atoms with Gasteiger partial charge in [-0.3, -0.25) is 0 Å². The van der Waals surface area contributed by atoms with Crippen LogP contribution in [0.15, 0.2) is 48.0 Å². The Morgan fingerprint density at radius 2 is 2.00 bits per heavy atom. The van der Waals surface area contributed by atoms with Crippen LogP contribution in [-0.4, -0.2) is 41.5 Å². The molecular formula is C20H18N4OS. The van der Waals surface area contributed by atoms with Crippen molar-refractivity contribution >= 4 is 22.7 Å². The fourth-order valence-electron chi connectivity index (χ4n) is 3.54. The molecule has 3 heterocycles. The van der Waals surface area contributed by atoms with Crippen molar-refractivity contribution in [1.29, 1.82) is 0 Å². The molecule has 3 aromatic rings. The number of fused-ring (bicyclic) bond motifs is 1. The van der Waals surface area contributed by atoms with Crippen molar-refractivity contribution in [2.75, 3.05) is 31.2 Å². The first kappa shape index (κ1) is 15.7. The number of aromatic nitrogens is 3. The number of rotatable bonds is 3. The highest BCUT2D eigenvalue weighted by Crippen LogP contribution is 2.35. The van der Waals surface area contributed by atoms with Gasteiger partial charge in [0.15, 0.2) is 0 Å². The summed E-state index contributed by atoms with van der Waals surface area (Å²) in [6.45, 7) is 3.33. The maximum absolute atomic E-state index is 5.46. The first-order chi connectivity index (χ1) is 12.9. The molecule has 0 N–H and O–H groups in total. The molecule has 1 aliphatic heterocycles. The van der Waals surface area contributed by atoms with Gasteiger partial charge in [-0.2, -0.15) is 0 Å². The van der Waals surface area contributed by atoms with E-state index in [-0.39, 0.29) is 0 Å². The molecular weight excluding hydrogens is 344 g/mol. The van der Waals surface area contributed by atoms with Gasteiger partial charge in [0.2, 0.25) is 0 Å². The van der Waals surface area contributed by atoms with Crippen LogP contribution in [0.3, 0.4) is 0 Å². The highest BCUT2D eigenvalue weighted by Gasteiger charge is 2.20. The van der Waals surface area contributed by atoms with Crippen molar-refractivity contribution in [3.05, 3.63) is 64.8 Å². The van der Waals surface area contributed by atoms with Crippen molar-refractivity contribution in [2.45, 2.75) is 6.42 Å². The van der Waals surface area contributed by atoms with Crippen molar-refractivity contribution in [3.8, 4) is 10.6 Å². The minimum Gasteiger partial charge on any atom is -0.378 e. The molecule has 1 aromatic carbocycles. The maximum Gasteiger partial charge on any atom is 0.147 e. The highest BCUT2D eigenvalue weighted by atomic mass is 32.1. The van der Waals surface area contributed by atoms with Gasteiger partial charge in [-0.25, -0.2) is 4.98 Å². The smallest absolute Gasteiger partial charge is 0.147 e. The zero-order valence-electron chi connectivity index (χ0n) is 14.3. The van der Waals surface area contributed by atoms with Crippen LogP contribution < -0.4 is 4.90 Å². The molecule has 0 saturated carbocycles. The SMILES string of the molecule is C1=C(c2cccc(N3CCOCC3)n2)c2cc(-c3nncs3)ccc2C1. The second kappa shape index (κ2) is 6.63. The van der Waals surface area contributed by atoms with Crippen LogP contribution in [0.2, 0.25) is 0 Å². The minimum atomic E-state index is 0.767. The predicted molar refractivity (Wildman–Crippen MR) is 103 cm³/mol. The summed E-state index contributed by atoms with van der Waals surface area (Å²) in [6, 6.07) is 12.8. The van der Waals surface area contributed by atoms with E-state index in [9.17, 15) is 0 Å². The van der Waals surface area contributed by atoms with Gasteiger partial charge in [0, 0.05) is 24.2 Å². The zero-order valence-corrected chi connectivity index (χ0v) is 15.1. The molecule has 5 nitrogen and oxygen atoms in total. The monoisotopic (exact) mass is 362 g/mol. The zero-order chi connectivity index (χ0) is 17.3. The van der Waals surface area contributed by atoms with E-state index in [2.05, 4.69) is 57.6 Å². The van der Waals surface area contributed by atoms with Gasteiger partial charge in [0.05, 0.1) is 18.9 Å². The summed E-state index contributed by atoms with van der Waals surface area (Å²) < 4.78 is 5.46. The van der Waals surface area contributed by atoms with Gasteiger partial charge in [-0.15, -0.1) is 10.2 Å². The number of ether oxygens (including phenoxy) is 1. The lowest BCUT2D eigenvalue weighted by atomic mass is 10.0. The number of benzene rings is 1. The molecule has 130 valence electrons. The minimum absolute atomic E-state index is 0.767. The van der Waals surface area contributed by atoms with E-state index < -0.39 is 0 Å².